The molecule has 0 radical (unpaired) electrons. The molecular formula is C8H8BrN3OS. The van der Waals surface area contributed by atoms with Gasteiger partial charge in [-0.25, -0.2) is 4.98 Å². The molecule has 6 heteroatoms. The molecule has 0 saturated carbocycles. The first-order chi connectivity index (χ1) is 6.66. The lowest BCUT2D eigenvalue weighted by Crippen LogP contribution is -1.97. The van der Waals surface area contributed by atoms with Crippen LogP contribution in [0.25, 0.3) is 0 Å². The van der Waals surface area contributed by atoms with Crippen LogP contribution in [0.3, 0.4) is 0 Å². The third-order valence-electron chi connectivity index (χ3n) is 1.77. The zero-order valence-corrected chi connectivity index (χ0v) is 9.79. The number of nitrogens with zero attached hydrogens (tertiary/aromatic N) is 3. The van der Waals surface area contributed by atoms with E-state index in [0.29, 0.717) is 5.01 Å². The summed E-state index contributed by atoms with van der Waals surface area (Å²) >= 11 is 4.66. The minimum atomic E-state index is -0.681. The van der Waals surface area contributed by atoms with Crippen LogP contribution in [0, 0.1) is 0 Å². The van der Waals surface area contributed by atoms with Crippen molar-refractivity contribution in [1.82, 2.24) is 14.8 Å². The molecule has 0 spiro atoms. The predicted octanol–water partition coefficient (Wildman–Crippen LogP) is 1.72. The van der Waals surface area contributed by atoms with Crippen LogP contribution in [0.4, 0.5) is 0 Å². The normalized spacial score (nSPS) is 13.1. The number of thiazole rings is 1. The highest BCUT2D eigenvalue weighted by atomic mass is 79.9. The first-order valence-corrected chi connectivity index (χ1v) is 5.61. The summed E-state index contributed by atoms with van der Waals surface area (Å²) in [6.45, 7) is 0. The largest absolute Gasteiger partial charge is 0.381 e. The van der Waals surface area contributed by atoms with Crippen molar-refractivity contribution >= 4 is 27.3 Å². The monoisotopic (exact) mass is 273 g/mol. The maximum Gasteiger partial charge on any atom is 0.134 e. The van der Waals surface area contributed by atoms with E-state index in [0.717, 1.165) is 10.2 Å². The highest BCUT2D eigenvalue weighted by molar-refractivity contribution is 9.10. The second-order valence-electron chi connectivity index (χ2n) is 2.86. The van der Waals surface area contributed by atoms with Crippen molar-refractivity contribution < 1.29 is 5.11 Å². The molecule has 0 saturated heterocycles. The number of aliphatic hydroxyl groups excluding tert-OH is 1. The van der Waals surface area contributed by atoms with Crippen molar-refractivity contribution in [2.45, 2.75) is 6.10 Å². The number of hydrogen-bond acceptors (Lipinski definition) is 4. The van der Waals surface area contributed by atoms with E-state index in [1.807, 2.05) is 12.4 Å². The van der Waals surface area contributed by atoms with Crippen molar-refractivity contribution in [2.75, 3.05) is 0 Å². The van der Waals surface area contributed by atoms with Crippen LogP contribution in [-0.4, -0.2) is 19.9 Å². The fraction of sp³-hybridized carbons (Fsp3) is 0.250. The summed E-state index contributed by atoms with van der Waals surface area (Å²) in [6.07, 6.45) is 2.74. The molecule has 0 aliphatic carbocycles. The first-order valence-electron chi connectivity index (χ1n) is 3.94. The van der Waals surface area contributed by atoms with Gasteiger partial charge in [0.2, 0.25) is 0 Å². The van der Waals surface area contributed by atoms with Crippen molar-refractivity contribution in [3.05, 3.63) is 32.9 Å². The maximum absolute atomic E-state index is 9.89. The van der Waals surface area contributed by atoms with Gasteiger partial charge >= 0.3 is 0 Å². The molecule has 74 valence electrons. The summed E-state index contributed by atoms with van der Waals surface area (Å²) in [7, 11) is 1.81. The second kappa shape index (κ2) is 3.80. The summed E-state index contributed by atoms with van der Waals surface area (Å²) in [4.78, 5) is 4.14. The Morgan fingerprint density at radius 1 is 1.64 bits per heavy atom. The van der Waals surface area contributed by atoms with Crippen LogP contribution in [0.1, 0.15) is 16.7 Å². The molecule has 1 N–H and O–H groups in total. The van der Waals surface area contributed by atoms with Crippen LogP contribution in [0.15, 0.2) is 22.4 Å². The minimum Gasteiger partial charge on any atom is -0.381 e. The molecule has 0 amide bonds. The molecule has 2 heterocycles. The van der Waals surface area contributed by atoms with Gasteiger partial charge in [-0.1, -0.05) is 0 Å². The molecule has 1 unspecified atom stereocenters. The molecule has 2 aromatic rings. The van der Waals surface area contributed by atoms with E-state index in [2.05, 4.69) is 26.0 Å². The molecule has 2 rings (SSSR count). The van der Waals surface area contributed by atoms with Crippen molar-refractivity contribution in [2.24, 2.45) is 7.05 Å². The Morgan fingerprint density at radius 3 is 2.93 bits per heavy atom. The molecule has 14 heavy (non-hydrogen) atoms. The number of aromatic nitrogens is 3. The molecule has 4 nitrogen and oxygen atoms in total. The first kappa shape index (κ1) is 9.82. The van der Waals surface area contributed by atoms with Crippen LogP contribution < -0.4 is 0 Å². The van der Waals surface area contributed by atoms with Gasteiger partial charge in [0, 0.05) is 24.2 Å². The summed E-state index contributed by atoms with van der Waals surface area (Å²) in [5.41, 5.74) is 0.759. The van der Waals surface area contributed by atoms with E-state index in [4.69, 9.17) is 0 Å². The van der Waals surface area contributed by atoms with E-state index in [-0.39, 0.29) is 0 Å². The van der Waals surface area contributed by atoms with Gasteiger partial charge in [0.15, 0.2) is 0 Å². The molecule has 0 aliphatic rings. The number of aryl methyl sites for hydroxylation is 1. The van der Waals surface area contributed by atoms with E-state index in [1.165, 1.54) is 11.3 Å². The van der Waals surface area contributed by atoms with Gasteiger partial charge in [-0.05, 0) is 15.9 Å². The van der Waals surface area contributed by atoms with Gasteiger partial charge in [0.25, 0.3) is 0 Å². The summed E-state index contributed by atoms with van der Waals surface area (Å²) < 4.78 is 2.40. The van der Waals surface area contributed by atoms with E-state index < -0.39 is 6.10 Å². The van der Waals surface area contributed by atoms with Crippen LogP contribution in [0.5, 0.6) is 0 Å². The van der Waals surface area contributed by atoms with Crippen molar-refractivity contribution in [3.8, 4) is 0 Å². The minimum absolute atomic E-state index is 0.671. The highest BCUT2D eigenvalue weighted by Gasteiger charge is 2.15. The number of hydrogen-bond donors (Lipinski definition) is 1. The van der Waals surface area contributed by atoms with Gasteiger partial charge in [-0.2, -0.15) is 5.10 Å². The van der Waals surface area contributed by atoms with Gasteiger partial charge in [-0.15, -0.1) is 11.3 Å². The maximum atomic E-state index is 9.89. The zero-order chi connectivity index (χ0) is 10.1. The molecule has 0 bridgehead atoms. The summed E-state index contributed by atoms with van der Waals surface area (Å²) in [5.74, 6) is 0. The average Bonchev–Trinajstić information content (AvgIpc) is 2.73. The second-order valence-corrected chi connectivity index (χ2v) is 4.56. The standard InChI is InChI=1S/C8H8BrN3OS/c1-12-3-5(2-10-12)7(13)8-11-6(9)4-14-8/h2-4,7,13H,1H3. The Bertz CT molecular complexity index is 399. The Balaban J connectivity index is 2.28. The molecule has 0 aromatic carbocycles. The Labute approximate surface area is 93.3 Å². The summed E-state index contributed by atoms with van der Waals surface area (Å²) in [6, 6.07) is 0. The Kier molecular flexibility index (Phi) is 2.66. The van der Waals surface area contributed by atoms with Crippen LogP contribution in [0.2, 0.25) is 0 Å². The number of halogens is 1. The molecule has 0 fully saturated rings. The van der Waals surface area contributed by atoms with Crippen molar-refractivity contribution in [1.29, 1.82) is 0 Å². The van der Waals surface area contributed by atoms with E-state index >= 15 is 0 Å². The van der Waals surface area contributed by atoms with Gasteiger partial charge in [0.05, 0.1) is 6.20 Å². The third-order valence-corrected chi connectivity index (χ3v) is 3.37. The smallest absolute Gasteiger partial charge is 0.134 e. The van der Waals surface area contributed by atoms with Gasteiger partial charge in [0.1, 0.15) is 15.7 Å². The fourth-order valence-corrected chi connectivity index (χ4v) is 2.39. The lowest BCUT2D eigenvalue weighted by molar-refractivity contribution is 0.219. The zero-order valence-electron chi connectivity index (χ0n) is 7.38. The van der Waals surface area contributed by atoms with Gasteiger partial charge in [-0.3, -0.25) is 4.68 Å². The quantitative estimate of drug-likeness (QED) is 0.907. The predicted molar refractivity (Wildman–Crippen MR) is 57.1 cm³/mol. The SMILES string of the molecule is Cn1cc(C(O)c2nc(Br)cs2)cn1. The lowest BCUT2D eigenvalue weighted by atomic mass is 10.2. The molecule has 1 atom stereocenters. The highest BCUT2D eigenvalue weighted by Crippen LogP contribution is 2.26. The Hall–Kier alpha value is -0.720. The topological polar surface area (TPSA) is 50.9 Å². The van der Waals surface area contributed by atoms with Crippen LogP contribution in [-0.2, 0) is 7.05 Å². The van der Waals surface area contributed by atoms with Crippen LogP contribution >= 0.6 is 27.3 Å². The van der Waals surface area contributed by atoms with Gasteiger partial charge < -0.3 is 5.11 Å². The third kappa shape index (κ3) is 1.87. The lowest BCUT2D eigenvalue weighted by Gasteiger charge is -2.02. The van der Waals surface area contributed by atoms with E-state index in [9.17, 15) is 5.11 Å². The van der Waals surface area contributed by atoms with Crippen molar-refractivity contribution in [3.63, 3.8) is 0 Å². The number of rotatable bonds is 2. The molecular weight excluding hydrogens is 266 g/mol. The molecule has 0 aliphatic heterocycles. The fourth-order valence-electron chi connectivity index (χ4n) is 1.12. The average molecular weight is 274 g/mol. The number of aliphatic hydroxyl groups is 1. The Morgan fingerprint density at radius 2 is 2.43 bits per heavy atom. The van der Waals surface area contributed by atoms with E-state index in [1.54, 1.807) is 17.1 Å². The molecule has 2 aromatic heterocycles. The summed E-state index contributed by atoms with van der Waals surface area (Å²) in [5, 5.41) is 16.4.